The van der Waals surface area contributed by atoms with E-state index in [0.29, 0.717) is 11.7 Å². The maximum atomic E-state index is 12.3. The molecule has 39 heavy (non-hydrogen) atoms. The molecule has 0 bridgehead atoms. The summed E-state index contributed by atoms with van der Waals surface area (Å²) in [5.41, 5.74) is 4.45. The number of benzene rings is 2. The Morgan fingerprint density at radius 2 is 1.92 bits per heavy atom. The van der Waals surface area contributed by atoms with Crippen molar-refractivity contribution in [1.29, 1.82) is 0 Å². The molecule has 3 heterocycles. The molecule has 7 nitrogen and oxygen atoms in total. The number of furan rings is 1. The number of pyridine rings is 1. The van der Waals surface area contributed by atoms with Crippen LogP contribution in [-0.4, -0.2) is 22.6 Å². The summed E-state index contributed by atoms with van der Waals surface area (Å²) < 4.78 is 12.1. The third kappa shape index (κ3) is 5.52. The fourth-order valence-corrected chi connectivity index (χ4v) is 5.03. The van der Waals surface area contributed by atoms with Crippen molar-refractivity contribution < 1.29 is 13.9 Å². The van der Waals surface area contributed by atoms with Crippen LogP contribution in [-0.2, 0) is 4.79 Å². The van der Waals surface area contributed by atoms with Crippen LogP contribution in [0.5, 0.6) is 5.75 Å². The molecule has 0 unspecified atom stereocenters. The van der Waals surface area contributed by atoms with E-state index < -0.39 is 0 Å². The highest BCUT2D eigenvalue weighted by Crippen LogP contribution is 2.43. The second kappa shape index (κ2) is 11.3. The molecule has 0 saturated carbocycles. The minimum absolute atomic E-state index is 0.0188. The van der Waals surface area contributed by atoms with Gasteiger partial charge in [-0.3, -0.25) is 9.78 Å². The molecule has 5 rings (SSSR count). The number of thiocarbonyl (C=S) groups is 1. The fourth-order valence-electron chi connectivity index (χ4n) is 4.69. The van der Waals surface area contributed by atoms with Gasteiger partial charge in [-0.25, -0.2) is 0 Å². The molecule has 2 aromatic carbocycles. The van der Waals surface area contributed by atoms with E-state index in [4.69, 9.17) is 21.4 Å². The highest BCUT2D eigenvalue weighted by Gasteiger charge is 2.42. The Balaban J connectivity index is 1.51. The van der Waals surface area contributed by atoms with Gasteiger partial charge in [0.25, 0.3) is 0 Å². The number of nitrogens with zero attached hydrogens (tertiary/aromatic N) is 2. The zero-order valence-electron chi connectivity index (χ0n) is 22.5. The number of amides is 1. The lowest BCUT2D eigenvalue weighted by atomic mass is 10.0. The molecule has 0 spiro atoms. The second-order valence-corrected chi connectivity index (χ2v) is 10.2. The van der Waals surface area contributed by atoms with Crippen molar-refractivity contribution in [2.24, 2.45) is 5.92 Å². The number of carbonyl (C=O) groups excluding carboxylic acids is 1. The Labute approximate surface area is 234 Å². The van der Waals surface area contributed by atoms with Crippen molar-refractivity contribution >= 4 is 34.6 Å². The van der Waals surface area contributed by atoms with Gasteiger partial charge in [0.05, 0.1) is 18.3 Å². The molecule has 4 aromatic rings. The van der Waals surface area contributed by atoms with Gasteiger partial charge in [-0.2, -0.15) is 0 Å². The third-order valence-electron chi connectivity index (χ3n) is 6.74. The van der Waals surface area contributed by atoms with Crippen LogP contribution in [0.4, 0.5) is 11.4 Å². The van der Waals surface area contributed by atoms with Crippen molar-refractivity contribution in [3.63, 3.8) is 0 Å². The molecular weight excluding hydrogens is 508 g/mol. The molecule has 2 atom stereocenters. The quantitative estimate of drug-likeness (QED) is 0.237. The van der Waals surface area contributed by atoms with Crippen LogP contribution in [0.25, 0.3) is 11.3 Å². The zero-order chi connectivity index (χ0) is 27.5. The van der Waals surface area contributed by atoms with Crippen molar-refractivity contribution in [2.75, 3.05) is 16.8 Å². The number of carbonyl (C=O) groups is 1. The molecule has 8 heteroatoms. The van der Waals surface area contributed by atoms with Gasteiger partial charge in [-0.1, -0.05) is 19.9 Å². The number of aromatic nitrogens is 1. The predicted octanol–water partition coefficient (Wildman–Crippen LogP) is 6.82. The first-order valence-electron chi connectivity index (χ1n) is 13.1. The average molecular weight is 541 g/mol. The molecule has 1 amide bonds. The van der Waals surface area contributed by atoms with E-state index in [1.165, 1.54) is 0 Å². The van der Waals surface area contributed by atoms with Gasteiger partial charge < -0.3 is 24.7 Å². The van der Waals surface area contributed by atoms with E-state index in [-0.39, 0.29) is 23.9 Å². The molecule has 1 aliphatic heterocycles. The van der Waals surface area contributed by atoms with E-state index in [2.05, 4.69) is 20.5 Å². The first-order valence-corrected chi connectivity index (χ1v) is 13.5. The highest BCUT2D eigenvalue weighted by atomic mass is 32.1. The lowest BCUT2D eigenvalue weighted by Crippen LogP contribution is -2.29. The van der Waals surface area contributed by atoms with Gasteiger partial charge in [0.1, 0.15) is 23.3 Å². The van der Waals surface area contributed by atoms with Gasteiger partial charge in [-0.05, 0) is 98.4 Å². The maximum Gasteiger partial charge on any atom is 0.226 e. The standard InChI is InChI=1S/C31H32N4O3S/c1-5-37-23-12-9-21(10-13-23)26-15-16-27(38-26)29-28(25-8-6-7-17-32-25)34-31(39)35(29)22-11-14-24(20(4)18-22)33-30(36)19(2)3/h6-19,28-29H,5H2,1-4H3,(H,33,36)(H,34,39)/t28-,29+/m0/s1. The summed E-state index contributed by atoms with van der Waals surface area (Å²) in [4.78, 5) is 19.0. The van der Waals surface area contributed by atoms with Crippen molar-refractivity contribution in [3.05, 3.63) is 96.0 Å². The van der Waals surface area contributed by atoms with E-state index in [0.717, 1.165) is 45.5 Å². The number of rotatable bonds is 8. The first-order chi connectivity index (χ1) is 18.9. The highest BCUT2D eigenvalue weighted by molar-refractivity contribution is 7.80. The van der Waals surface area contributed by atoms with Gasteiger partial charge >= 0.3 is 0 Å². The van der Waals surface area contributed by atoms with Crippen LogP contribution in [0.2, 0.25) is 0 Å². The van der Waals surface area contributed by atoms with Crippen LogP contribution >= 0.6 is 12.2 Å². The Kier molecular flexibility index (Phi) is 7.65. The Morgan fingerprint density at radius 3 is 2.59 bits per heavy atom. The van der Waals surface area contributed by atoms with E-state index in [1.807, 2.05) is 100 Å². The Morgan fingerprint density at radius 1 is 1.13 bits per heavy atom. The van der Waals surface area contributed by atoms with Gasteiger partial charge in [-0.15, -0.1) is 0 Å². The van der Waals surface area contributed by atoms with Gasteiger partial charge in [0.2, 0.25) is 5.91 Å². The summed E-state index contributed by atoms with van der Waals surface area (Å²) in [6.07, 6.45) is 1.78. The number of anilines is 2. The summed E-state index contributed by atoms with van der Waals surface area (Å²) in [5, 5.41) is 7.05. The number of ether oxygens (including phenoxy) is 1. The number of hydrogen-bond acceptors (Lipinski definition) is 5. The minimum atomic E-state index is -0.278. The number of hydrogen-bond donors (Lipinski definition) is 2. The SMILES string of the molecule is CCOc1ccc(-c2ccc([C@@H]3[C@H](c4ccccn4)NC(=S)N3c3ccc(NC(=O)C(C)C)c(C)c3)o2)cc1. The Hall–Kier alpha value is -4.17. The largest absolute Gasteiger partial charge is 0.494 e. The summed E-state index contributed by atoms with van der Waals surface area (Å²) >= 11 is 5.86. The topological polar surface area (TPSA) is 79.6 Å². The van der Waals surface area contributed by atoms with Crippen LogP contribution in [0.3, 0.4) is 0 Å². The summed E-state index contributed by atoms with van der Waals surface area (Å²) in [6.45, 7) is 8.32. The van der Waals surface area contributed by atoms with Gasteiger partial charge in [0, 0.05) is 29.1 Å². The number of nitrogens with one attached hydrogen (secondary N) is 2. The Bertz CT molecular complexity index is 1470. The van der Waals surface area contributed by atoms with Crippen molar-refractivity contribution in [2.45, 2.75) is 39.8 Å². The summed E-state index contributed by atoms with van der Waals surface area (Å²) in [7, 11) is 0. The molecule has 1 aliphatic rings. The molecule has 0 aliphatic carbocycles. The molecule has 2 aromatic heterocycles. The molecule has 2 N–H and O–H groups in total. The van der Waals surface area contributed by atoms with E-state index >= 15 is 0 Å². The van der Waals surface area contributed by atoms with Crippen LogP contribution in [0.1, 0.15) is 49.9 Å². The van der Waals surface area contributed by atoms with Crippen LogP contribution < -0.4 is 20.3 Å². The fraction of sp³-hybridized carbons (Fsp3) is 0.258. The molecular formula is C31H32N4O3S. The zero-order valence-corrected chi connectivity index (χ0v) is 23.3. The predicted molar refractivity (Wildman–Crippen MR) is 158 cm³/mol. The molecule has 1 saturated heterocycles. The second-order valence-electron chi connectivity index (χ2n) is 9.80. The van der Waals surface area contributed by atoms with Crippen LogP contribution in [0.15, 0.2) is 83.4 Å². The smallest absolute Gasteiger partial charge is 0.226 e. The average Bonchev–Trinajstić information content (AvgIpc) is 3.55. The third-order valence-corrected chi connectivity index (χ3v) is 7.05. The van der Waals surface area contributed by atoms with Crippen molar-refractivity contribution in [3.8, 4) is 17.1 Å². The van der Waals surface area contributed by atoms with E-state index in [1.54, 1.807) is 6.20 Å². The monoisotopic (exact) mass is 540 g/mol. The van der Waals surface area contributed by atoms with Gasteiger partial charge in [0.15, 0.2) is 5.11 Å². The normalized spacial score (nSPS) is 16.8. The molecule has 200 valence electrons. The first kappa shape index (κ1) is 26.4. The lowest BCUT2D eigenvalue weighted by molar-refractivity contribution is -0.118. The van der Waals surface area contributed by atoms with Crippen LogP contribution in [0, 0.1) is 12.8 Å². The lowest BCUT2D eigenvalue weighted by Gasteiger charge is -2.27. The van der Waals surface area contributed by atoms with Crippen molar-refractivity contribution in [1.82, 2.24) is 10.3 Å². The molecule has 0 radical (unpaired) electrons. The number of aryl methyl sites for hydroxylation is 1. The maximum absolute atomic E-state index is 12.3. The molecule has 1 fully saturated rings. The van der Waals surface area contributed by atoms with E-state index in [9.17, 15) is 4.79 Å². The summed E-state index contributed by atoms with van der Waals surface area (Å²) in [5.74, 6) is 2.22. The minimum Gasteiger partial charge on any atom is -0.494 e. The summed E-state index contributed by atoms with van der Waals surface area (Å²) in [6, 6.07) is 23.1.